The Balaban J connectivity index is 1.43. The number of nitrogens with zero attached hydrogens (tertiary/aromatic N) is 5. The second-order valence-electron chi connectivity index (χ2n) is 7.51. The molecular weight excluding hydrogens is 516 g/mol. The van der Waals surface area contributed by atoms with Crippen molar-refractivity contribution in [2.75, 3.05) is 11.5 Å². The SMILES string of the molecule is O=COc1ccccc1CC(=O)NC1C(=O)N2C(C(=O)O)=C(CSc3nnnn3CC(=O)O)CS[C@H]12. The summed E-state index contributed by atoms with van der Waals surface area (Å²) in [5.41, 5.74) is 0.720. The van der Waals surface area contributed by atoms with Crippen molar-refractivity contribution in [2.45, 2.75) is 29.5 Å². The van der Waals surface area contributed by atoms with E-state index in [1.165, 1.54) is 17.8 Å². The molecule has 0 radical (unpaired) electrons. The highest BCUT2D eigenvalue weighted by Crippen LogP contribution is 2.41. The van der Waals surface area contributed by atoms with Gasteiger partial charge in [0.05, 0.1) is 6.42 Å². The summed E-state index contributed by atoms with van der Waals surface area (Å²) < 4.78 is 5.94. The van der Waals surface area contributed by atoms with Crippen LogP contribution in [0.4, 0.5) is 0 Å². The minimum absolute atomic E-state index is 0.121. The van der Waals surface area contributed by atoms with Gasteiger partial charge >= 0.3 is 11.9 Å². The zero-order chi connectivity index (χ0) is 25.8. The van der Waals surface area contributed by atoms with Crippen LogP contribution in [0.5, 0.6) is 5.75 Å². The number of nitrogens with one attached hydrogen (secondary N) is 1. The van der Waals surface area contributed by atoms with E-state index in [1.807, 2.05) is 0 Å². The summed E-state index contributed by atoms with van der Waals surface area (Å²) in [6.45, 7) is -0.195. The Bertz CT molecular complexity index is 1260. The molecule has 1 aromatic heterocycles. The van der Waals surface area contributed by atoms with Gasteiger partial charge in [-0.05, 0) is 22.1 Å². The van der Waals surface area contributed by atoms with Gasteiger partial charge in [-0.2, -0.15) is 0 Å². The minimum atomic E-state index is -1.29. The van der Waals surface area contributed by atoms with Crippen LogP contribution >= 0.6 is 23.5 Å². The molecule has 3 heterocycles. The lowest BCUT2D eigenvalue weighted by atomic mass is 10.0. The summed E-state index contributed by atoms with van der Waals surface area (Å²) in [5.74, 6) is -2.86. The molecule has 0 spiro atoms. The molecule has 0 bridgehead atoms. The van der Waals surface area contributed by atoms with Crippen molar-refractivity contribution < 1.29 is 38.9 Å². The van der Waals surface area contributed by atoms with E-state index in [2.05, 4.69) is 20.8 Å². The Labute approximate surface area is 211 Å². The van der Waals surface area contributed by atoms with Crippen LogP contribution in [-0.2, 0) is 36.9 Å². The van der Waals surface area contributed by atoms with E-state index in [0.29, 0.717) is 11.1 Å². The average molecular weight is 535 g/mol. The number of rotatable bonds is 11. The standard InChI is InChI=1S/C20H18N6O8S2/c27-9-34-12-4-2-1-3-10(12)5-13(28)21-15-17(31)26-16(19(32)33)11(7-35-18(15)26)8-36-20-22-23-24-25(20)6-14(29)30/h1-4,9,15,18H,5-8H2,(H,21,28)(H,29,30)(H,32,33)/t15?,18-/m1/s1. The number of β-lactam (4-membered cyclic amide) rings is 1. The van der Waals surface area contributed by atoms with Gasteiger partial charge in [-0.1, -0.05) is 30.0 Å². The molecule has 1 saturated heterocycles. The number of hydrogen-bond acceptors (Lipinski definition) is 11. The fourth-order valence-corrected chi connectivity index (χ4v) is 6.05. The first kappa shape index (κ1) is 25.2. The molecule has 16 heteroatoms. The van der Waals surface area contributed by atoms with Gasteiger partial charge in [0.2, 0.25) is 11.1 Å². The van der Waals surface area contributed by atoms with Crippen molar-refractivity contribution in [3.63, 3.8) is 0 Å². The third-order valence-electron chi connectivity index (χ3n) is 5.22. The number of hydrogen-bond donors (Lipinski definition) is 3. The highest BCUT2D eigenvalue weighted by Gasteiger charge is 2.54. The number of aromatic nitrogens is 4. The average Bonchev–Trinajstić information content (AvgIpc) is 3.28. The maximum absolute atomic E-state index is 12.8. The van der Waals surface area contributed by atoms with Crippen LogP contribution in [0.15, 0.2) is 40.7 Å². The zero-order valence-electron chi connectivity index (χ0n) is 18.3. The third-order valence-corrected chi connectivity index (χ3v) is 7.61. The van der Waals surface area contributed by atoms with Gasteiger partial charge in [0.25, 0.3) is 12.4 Å². The van der Waals surface area contributed by atoms with E-state index in [0.717, 1.165) is 21.3 Å². The number of carboxylic acid groups (broad SMARTS) is 2. The Morgan fingerprint density at radius 1 is 1.28 bits per heavy atom. The van der Waals surface area contributed by atoms with E-state index in [9.17, 15) is 29.1 Å². The third kappa shape index (κ3) is 5.18. The summed E-state index contributed by atoms with van der Waals surface area (Å²) in [4.78, 5) is 60.2. The minimum Gasteiger partial charge on any atom is -0.480 e. The Morgan fingerprint density at radius 3 is 2.78 bits per heavy atom. The molecule has 4 rings (SSSR count). The van der Waals surface area contributed by atoms with Crippen LogP contribution in [0.25, 0.3) is 0 Å². The maximum Gasteiger partial charge on any atom is 0.352 e. The fraction of sp³-hybridized carbons (Fsp3) is 0.300. The van der Waals surface area contributed by atoms with Gasteiger partial charge in [-0.15, -0.1) is 16.9 Å². The summed E-state index contributed by atoms with van der Waals surface area (Å²) in [6, 6.07) is 5.57. The second kappa shape index (κ2) is 10.8. The lowest BCUT2D eigenvalue weighted by Crippen LogP contribution is -2.70. The van der Waals surface area contributed by atoms with Gasteiger partial charge in [0.1, 0.15) is 29.4 Å². The molecule has 1 unspecified atom stereocenters. The fourth-order valence-electron chi connectivity index (χ4n) is 3.69. The van der Waals surface area contributed by atoms with Crippen LogP contribution in [0.3, 0.4) is 0 Å². The number of fused-ring (bicyclic) bond motifs is 1. The topological polar surface area (TPSA) is 194 Å². The van der Waals surface area contributed by atoms with Crippen LogP contribution in [0.1, 0.15) is 5.56 Å². The first-order chi connectivity index (χ1) is 17.3. The molecule has 2 aliphatic rings. The number of para-hydroxylation sites is 1. The normalized spacial score (nSPS) is 18.8. The smallest absolute Gasteiger partial charge is 0.352 e. The molecule has 188 valence electrons. The molecular formula is C20H18N6O8S2. The van der Waals surface area contributed by atoms with Crippen LogP contribution in [-0.4, -0.2) is 88.5 Å². The molecule has 2 amide bonds. The number of aliphatic carboxylic acids is 2. The van der Waals surface area contributed by atoms with E-state index in [1.54, 1.807) is 18.2 Å². The van der Waals surface area contributed by atoms with Crippen molar-refractivity contribution in [3.05, 3.63) is 41.1 Å². The first-order valence-corrected chi connectivity index (χ1v) is 12.3. The predicted molar refractivity (Wildman–Crippen MR) is 123 cm³/mol. The maximum atomic E-state index is 12.8. The van der Waals surface area contributed by atoms with Crippen molar-refractivity contribution in [1.82, 2.24) is 30.4 Å². The highest BCUT2D eigenvalue weighted by atomic mass is 32.2. The molecule has 1 fully saturated rings. The molecule has 0 aliphatic carbocycles. The van der Waals surface area contributed by atoms with E-state index in [-0.39, 0.29) is 41.0 Å². The van der Waals surface area contributed by atoms with Gasteiger partial charge in [0.15, 0.2) is 0 Å². The Morgan fingerprint density at radius 2 is 2.06 bits per heavy atom. The van der Waals surface area contributed by atoms with Gasteiger partial charge in [-0.25, -0.2) is 9.48 Å². The lowest BCUT2D eigenvalue weighted by Gasteiger charge is -2.49. The zero-order valence-corrected chi connectivity index (χ0v) is 19.9. The summed E-state index contributed by atoms with van der Waals surface area (Å²) >= 11 is 2.35. The molecule has 14 nitrogen and oxygen atoms in total. The number of benzene rings is 1. The van der Waals surface area contributed by atoms with Crippen LogP contribution in [0.2, 0.25) is 0 Å². The summed E-state index contributed by atoms with van der Waals surface area (Å²) in [5, 5.41) is 31.8. The lowest BCUT2D eigenvalue weighted by molar-refractivity contribution is -0.150. The monoisotopic (exact) mass is 534 g/mol. The van der Waals surface area contributed by atoms with Crippen LogP contribution < -0.4 is 10.1 Å². The van der Waals surface area contributed by atoms with Gasteiger partial charge < -0.3 is 20.3 Å². The van der Waals surface area contributed by atoms with Crippen molar-refractivity contribution in [3.8, 4) is 5.75 Å². The van der Waals surface area contributed by atoms with Crippen molar-refractivity contribution in [1.29, 1.82) is 0 Å². The Hall–Kier alpha value is -3.92. The number of carbonyl (C=O) groups is 5. The Kier molecular flexibility index (Phi) is 7.54. The molecule has 2 aliphatic heterocycles. The number of amides is 2. The summed E-state index contributed by atoms with van der Waals surface area (Å²) in [7, 11) is 0. The molecule has 1 aromatic carbocycles. The number of carboxylic acids is 2. The predicted octanol–water partition coefficient (Wildman–Crippen LogP) is -0.634. The quantitative estimate of drug-likeness (QED) is 0.187. The number of carbonyl (C=O) groups excluding carboxylic acids is 3. The van der Waals surface area contributed by atoms with Crippen molar-refractivity contribution >= 4 is 53.7 Å². The largest absolute Gasteiger partial charge is 0.480 e. The first-order valence-electron chi connectivity index (χ1n) is 10.3. The van der Waals surface area contributed by atoms with Gasteiger partial charge in [0, 0.05) is 17.1 Å². The molecule has 0 saturated carbocycles. The van der Waals surface area contributed by atoms with Crippen molar-refractivity contribution in [2.24, 2.45) is 0 Å². The number of tetrazole rings is 1. The van der Waals surface area contributed by atoms with E-state index in [4.69, 9.17) is 9.84 Å². The molecule has 3 N–H and O–H groups in total. The summed E-state index contributed by atoms with van der Waals surface area (Å²) in [6.07, 6.45) is -0.139. The highest BCUT2D eigenvalue weighted by molar-refractivity contribution is 8.01. The molecule has 2 atom stereocenters. The number of ether oxygens (including phenoxy) is 1. The van der Waals surface area contributed by atoms with Gasteiger partial charge in [-0.3, -0.25) is 24.1 Å². The van der Waals surface area contributed by atoms with Crippen LogP contribution in [0, 0.1) is 0 Å². The second-order valence-corrected chi connectivity index (χ2v) is 9.56. The molecule has 36 heavy (non-hydrogen) atoms. The molecule has 2 aromatic rings. The van der Waals surface area contributed by atoms with E-state index >= 15 is 0 Å². The number of thioether (sulfide) groups is 2. The van der Waals surface area contributed by atoms with E-state index < -0.39 is 41.7 Å².